The summed E-state index contributed by atoms with van der Waals surface area (Å²) < 4.78 is 14.7. The van der Waals surface area contributed by atoms with Gasteiger partial charge in [0.2, 0.25) is 0 Å². The van der Waals surface area contributed by atoms with Crippen LogP contribution in [-0.2, 0) is 0 Å². The molecule has 34 heavy (non-hydrogen) atoms. The van der Waals surface area contributed by atoms with Gasteiger partial charge in [-0.15, -0.1) is 0 Å². The average Bonchev–Trinajstić information content (AvgIpc) is 2.82. The molecule has 0 spiro atoms. The number of benzene rings is 1. The van der Waals surface area contributed by atoms with Crippen molar-refractivity contribution in [3.63, 3.8) is 0 Å². The molecular weight excluding hydrogens is 441 g/mol. The van der Waals surface area contributed by atoms with Crippen molar-refractivity contribution < 1.29 is 14.1 Å². The monoisotopic (exact) mass is 465 g/mol. The molecule has 4 rings (SSSR count). The molecule has 2 unspecified atom stereocenters. The van der Waals surface area contributed by atoms with Crippen LogP contribution in [0.15, 0.2) is 48.8 Å². The number of nitrogens with one attached hydrogen (secondary N) is 2. The van der Waals surface area contributed by atoms with Crippen LogP contribution in [0.5, 0.6) is 0 Å². The smallest absolute Gasteiger partial charge is 0.269 e. The predicted molar refractivity (Wildman–Crippen MR) is 126 cm³/mol. The number of nitro groups is 1. The first-order valence-corrected chi connectivity index (χ1v) is 10.8. The maximum absolute atomic E-state index is 14.7. The minimum absolute atomic E-state index is 0.0191. The molecule has 1 fully saturated rings. The molecule has 176 valence electrons. The molecule has 10 nitrogen and oxygen atoms in total. The number of hydrogen-bond acceptors (Lipinski definition) is 8. The Hall–Kier alpha value is -4.12. The zero-order valence-corrected chi connectivity index (χ0v) is 18.2. The summed E-state index contributed by atoms with van der Waals surface area (Å²) in [5.41, 5.74) is 13.3. The van der Waals surface area contributed by atoms with E-state index in [0.29, 0.717) is 16.8 Å². The average molecular weight is 465 g/mol. The Balaban J connectivity index is 1.62. The number of nitrogens with zero attached hydrogens (tertiary/aromatic N) is 3. The number of carbonyl (C=O) groups excluding carboxylic acids is 1. The van der Waals surface area contributed by atoms with Gasteiger partial charge in [0.25, 0.3) is 11.6 Å². The van der Waals surface area contributed by atoms with Crippen LogP contribution in [0.25, 0.3) is 11.1 Å². The first-order chi connectivity index (χ1) is 16.3. The van der Waals surface area contributed by atoms with Gasteiger partial charge in [-0.25, -0.2) is 9.37 Å². The Labute approximate surface area is 194 Å². The van der Waals surface area contributed by atoms with E-state index in [4.69, 9.17) is 11.5 Å². The molecule has 11 heteroatoms. The van der Waals surface area contributed by atoms with Gasteiger partial charge in [-0.3, -0.25) is 19.9 Å². The molecule has 1 aromatic carbocycles. The summed E-state index contributed by atoms with van der Waals surface area (Å²) in [6, 6.07) is 8.54. The van der Waals surface area contributed by atoms with Gasteiger partial charge in [0.15, 0.2) is 11.6 Å². The number of nitrogens with two attached hydrogens (primary N) is 2. The van der Waals surface area contributed by atoms with Crippen LogP contribution < -0.4 is 22.1 Å². The molecule has 2 aromatic heterocycles. The van der Waals surface area contributed by atoms with Crippen molar-refractivity contribution in [1.29, 1.82) is 0 Å². The number of carbonyl (C=O) groups is 1. The molecule has 6 N–H and O–H groups in total. The number of halogens is 1. The number of nitro benzene ring substituents is 1. The summed E-state index contributed by atoms with van der Waals surface area (Å²) in [5, 5.41) is 16.9. The fourth-order valence-corrected chi connectivity index (χ4v) is 3.97. The highest BCUT2D eigenvalue weighted by Gasteiger charge is 2.24. The molecule has 1 aliphatic carbocycles. The Kier molecular flexibility index (Phi) is 6.64. The van der Waals surface area contributed by atoms with Crippen LogP contribution in [-0.4, -0.2) is 32.9 Å². The van der Waals surface area contributed by atoms with E-state index in [9.17, 15) is 19.3 Å². The molecular formula is C23H24FN7O3. The second-order valence-electron chi connectivity index (χ2n) is 8.17. The number of non-ortho nitro benzene ring substituents is 1. The van der Waals surface area contributed by atoms with E-state index in [0.717, 1.165) is 31.7 Å². The molecule has 1 amide bonds. The summed E-state index contributed by atoms with van der Waals surface area (Å²) >= 11 is 0. The summed E-state index contributed by atoms with van der Waals surface area (Å²) in [7, 11) is 0. The second-order valence-corrected chi connectivity index (χ2v) is 8.17. The van der Waals surface area contributed by atoms with Crippen molar-refractivity contribution >= 4 is 28.9 Å². The molecule has 3 aromatic rings. The summed E-state index contributed by atoms with van der Waals surface area (Å²) in [6.45, 7) is 0. The fourth-order valence-electron chi connectivity index (χ4n) is 3.97. The third kappa shape index (κ3) is 5.09. The highest BCUT2D eigenvalue weighted by Crippen LogP contribution is 2.29. The number of amides is 1. The van der Waals surface area contributed by atoms with Crippen molar-refractivity contribution in [2.24, 2.45) is 11.5 Å². The highest BCUT2D eigenvalue weighted by molar-refractivity contribution is 5.98. The lowest BCUT2D eigenvalue weighted by molar-refractivity contribution is -0.384. The third-order valence-corrected chi connectivity index (χ3v) is 5.80. The zero-order valence-electron chi connectivity index (χ0n) is 18.2. The summed E-state index contributed by atoms with van der Waals surface area (Å²) in [6.07, 6.45) is 6.75. The van der Waals surface area contributed by atoms with Crippen LogP contribution in [0.1, 0.15) is 36.0 Å². The van der Waals surface area contributed by atoms with Gasteiger partial charge in [0.05, 0.1) is 22.4 Å². The van der Waals surface area contributed by atoms with E-state index < -0.39 is 16.6 Å². The number of anilines is 3. The molecule has 0 radical (unpaired) electrons. The standard InChI is InChI=1S/C23H24FN7O3/c24-18-10-17(21(26)32)22(30-23(18)29-20-4-2-1-3-19(20)25)28-15-9-14(11-27-12-15)13-5-7-16(8-6-13)31(33)34/h5-12,19-20H,1-4,25H2,(H2,26,32)(H2,28,29,30). The number of hydrogen-bond donors (Lipinski definition) is 4. The molecule has 0 bridgehead atoms. The van der Waals surface area contributed by atoms with E-state index in [1.807, 2.05) is 0 Å². The lowest BCUT2D eigenvalue weighted by atomic mass is 9.91. The lowest BCUT2D eigenvalue weighted by Gasteiger charge is -2.30. The SMILES string of the molecule is NC(=O)c1cc(F)c(NC2CCCCC2N)nc1Nc1cncc(-c2ccc([N+](=O)[O-])cc2)c1. The third-order valence-electron chi connectivity index (χ3n) is 5.80. The minimum Gasteiger partial charge on any atom is -0.365 e. The fraction of sp³-hybridized carbons (Fsp3) is 0.261. The van der Waals surface area contributed by atoms with Gasteiger partial charge >= 0.3 is 0 Å². The quantitative estimate of drug-likeness (QED) is 0.303. The maximum Gasteiger partial charge on any atom is 0.269 e. The van der Waals surface area contributed by atoms with Crippen molar-refractivity contribution in [3.8, 4) is 11.1 Å². The van der Waals surface area contributed by atoms with Crippen molar-refractivity contribution in [3.05, 3.63) is 70.3 Å². The Morgan fingerprint density at radius 2 is 1.82 bits per heavy atom. The molecule has 1 aliphatic rings. The molecule has 0 aliphatic heterocycles. The number of aromatic nitrogens is 2. The van der Waals surface area contributed by atoms with E-state index in [1.165, 1.54) is 18.3 Å². The first-order valence-electron chi connectivity index (χ1n) is 10.8. The van der Waals surface area contributed by atoms with Crippen LogP contribution >= 0.6 is 0 Å². The van der Waals surface area contributed by atoms with Crippen molar-refractivity contribution in [1.82, 2.24) is 9.97 Å². The van der Waals surface area contributed by atoms with Crippen LogP contribution in [0, 0.1) is 15.9 Å². The minimum atomic E-state index is -0.839. The Morgan fingerprint density at radius 1 is 1.09 bits per heavy atom. The van der Waals surface area contributed by atoms with Gasteiger partial charge in [-0.1, -0.05) is 12.8 Å². The maximum atomic E-state index is 14.7. The van der Waals surface area contributed by atoms with Crippen LogP contribution in [0.4, 0.5) is 27.4 Å². The van der Waals surface area contributed by atoms with E-state index >= 15 is 0 Å². The highest BCUT2D eigenvalue weighted by atomic mass is 19.1. The first kappa shape index (κ1) is 23.1. The number of rotatable bonds is 7. The normalized spacial score (nSPS) is 17.7. The topological polar surface area (TPSA) is 162 Å². The summed E-state index contributed by atoms with van der Waals surface area (Å²) in [5.74, 6) is -1.48. The van der Waals surface area contributed by atoms with Gasteiger partial charge < -0.3 is 22.1 Å². The summed E-state index contributed by atoms with van der Waals surface area (Å²) in [4.78, 5) is 30.9. The largest absolute Gasteiger partial charge is 0.365 e. The van der Waals surface area contributed by atoms with Crippen molar-refractivity contribution in [2.75, 3.05) is 10.6 Å². The van der Waals surface area contributed by atoms with Gasteiger partial charge in [-0.2, -0.15) is 0 Å². The number of pyridine rings is 2. The second kappa shape index (κ2) is 9.79. The molecule has 0 saturated heterocycles. The zero-order chi connectivity index (χ0) is 24.2. The Bertz CT molecular complexity index is 1220. The van der Waals surface area contributed by atoms with E-state index in [2.05, 4.69) is 20.6 Å². The van der Waals surface area contributed by atoms with Crippen LogP contribution in [0.2, 0.25) is 0 Å². The predicted octanol–water partition coefficient (Wildman–Crippen LogP) is 3.72. The van der Waals surface area contributed by atoms with Gasteiger partial charge in [0.1, 0.15) is 5.82 Å². The van der Waals surface area contributed by atoms with Gasteiger partial charge in [-0.05, 0) is 42.7 Å². The molecule has 2 heterocycles. The van der Waals surface area contributed by atoms with Gasteiger partial charge in [0, 0.05) is 36.0 Å². The molecule has 1 saturated carbocycles. The van der Waals surface area contributed by atoms with Crippen molar-refractivity contribution in [2.45, 2.75) is 37.8 Å². The molecule has 2 atom stereocenters. The van der Waals surface area contributed by atoms with E-state index in [-0.39, 0.29) is 35.0 Å². The lowest BCUT2D eigenvalue weighted by Crippen LogP contribution is -2.43. The number of primary amides is 1. The Morgan fingerprint density at radius 3 is 2.50 bits per heavy atom. The van der Waals surface area contributed by atoms with Crippen LogP contribution in [0.3, 0.4) is 0 Å². The van der Waals surface area contributed by atoms with E-state index in [1.54, 1.807) is 24.4 Å².